The number of amides is 3. The molecule has 3 rings (SSSR count). The first-order valence-electron chi connectivity index (χ1n) is 10.9. The van der Waals surface area contributed by atoms with Crippen LogP contribution in [0.3, 0.4) is 0 Å². The van der Waals surface area contributed by atoms with E-state index in [1.165, 1.54) is 0 Å². The maximum absolute atomic E-state index is 12.7. The van der Waals surface area contributed by atoms with E-state index in [1.54, 1.807) is 55.5 Å². The van der Waals surface area contributed by atoms with Crippen LogP contribution in [0.2, 0.25) is 0 Å². The molecule has 2 aromatic carbocycles. The number of hydrogen-bond acceptors (Lipinski definition) is 5. The van der Waals surface area contributed by atoms with E-state index in [1.807, 2.05) is 0 Å². The SMILES string of the molecule is CCOC(=O)c1cccc(NC(=O)c2cccc(NC(=O)NC3CCC(C)NC3C)c2)c1. The Balaban J connectivity index is 1.60. The van der Waals surface area contributed by atoms with Crippen molar-refractivity contribution in [2.45, 2.75) is 51.7 Å². The van der Waals surface area contributed by atoms with Gasteiger partial charge < -0.3 is 26.0 Å². The Morgan fingerprint density at radius 2 is 1.62 bits per heavy atom. The van der Waals surface area contributed by atoms with E-state index < -0.39 is 5.97 Å². The molecule has 8 nitrogen and oxygen atoms in total. The zero-order chi connectivity index (χ0) is 23.1. The van der Waals surface area contributed by atoms with Gasteiger partial charge in [-0.1, -0.05) is 12.1 Å². The minimum absolute atomic E-state index is 0.0457. The fourth-order valence-electron chi connectivity index (χ4n) is 3.74. The lowest BCUT2D eigenvalue weighted by atomic mass is 9.95. The van der Waals surface area contributed by atoms with Crippen molar-refractivity contribution in [3.8, 4) is 0 Å². The molecule has 1 aliphatic heterocycles. The number of rotatable bonds is 6. The van der Waals surface area contributed by atoms with Crippen LogP contribution in [0.1, 0.15) is 54.3 Å². The first-order chi connectivity index (χ1) is 15.4. The number of benzene rings is 2. The second kappa shape index (κ2) is 10.8. The van der Waals surface area contributed by atoms with Gasteiger partial charge in [0.15, 0.2) is 0 Å². The molecule has 1 heterocycles. The maximum Gasteiger partial charge on any atom is 0.338 e. The average molecular weight is 439 g/mol. The van der Waals surface area contributed by atoms with Gasteiger partial charge in [0.2, 0.25) is 0 Å². The van der Waals surface area contributed by atoms with E-state index in [0.29, 0.717) is 28.5 Å². The van der Waals surface area contributed by atoms with E-state index in [9.17, 15) is 14.4 Å². The second-order valence-electron chi connectivity index (χ2n) is 7.97. The average Bonchev–Trinajstić information content (AvgIpc) is 2.76. The van der Waals surface area contributed by atoms with Gasteiger partial charge in [-0.15, -0.1) is 0 Å². The van der Waals surface area contributed by atoms with E-state index in [0.717, 1.165) is 12.8 Å². The highest BCUT2D eigenvalue weighted by Crippen LogP contribution is 2.17. The Morgan fingerprint density at radius 3 is 2.31 bits per heavy atom. The number of carbonyl (C=O) groups is 3. The Bertz CT molecular complexity index is 978. The predicted molar refractivity (Wildman–Crippen MR) is 124 cm³/mol. The molecule has 32 heavy (non-hydrogen) atoms. The van der Waals surface area contributed by atoms with Gasteiger partial charge in [-0.05, 0) is 70.0 Å². The lowest BCUT2D eigenvalue weighted by molar-refractivity contribution is 0.0526. The van der Waals surface area contributed by atoms with Crippen molar-refractivity contribution in [2.24, 2.45) is 0 Å². The van der Waals surface area contributed by atoms with Gasteiger partial charge in [0.05, 0.1) is 12.2 Å². The third-order valence-electron chi connectivity index (χ3n) is 5.39. The minimum atomic E-state index is -0.447. The molecule has 8 heteroatoms. The normalized spacial score (nSPS) is 20.2. The summed E-state index contributed by atoms with van der Waals surface area (Å²) in [6.07, 6.45) is 1.92. The van der Waals surface area contributed by atoms with Crippen LogP contribution in [0.5, 0.6) is 0 Å². The van der Waals surface area contributed by atoms with Crippen molar-refractivity contribution in [3.05, 3.63) is 59.7 Å². The van der Waals surface area contributed by atoms with E-state index in [-0.39, 0.29) is 30.6 Å². The van der Waals surface area contributed by atoms with Crippen LogP contribution in [0.25, 0.3) is 0 Å². The number of nitrogens with one attached hydrogen (secondary N) is 4. The Kier molecular flexibility index (Phi) is 7.83. The monoisotopic (exact) mass is 438 g/mol. The molecule has 1 aliphatic rings. The lowest BCUT2D eigenvalue weighted by Gasteiger charge is -2.34. The van der Waals surface area contributed by atoms with Crippen LogP contribution >= 0.6 is 0 Å². The summed E-state index contributed by atoms with van der Waals surface area (Å²) in [5.74, 6) is -0.799. The highest BCUT2D eigenvalue weighted by Gasteiger charge is 2.25. The summed E-state index contributed by atoms with van der Waals surface area (Å²) in [5, 5.41) is 12.0. The van der Waals surface area contributed by atoms with Crippen LogP contribution < -0.4 is 21.3 Å². The largest absolute Gasteiger partial charge is 0.462 e. The third kappa shape index (κ3) is 6.31. The first-order valence-corrected chi connectivity index (χ1v) is 10.9. The number of carbonyl (C=O) groups excluding carboxylic acids is 3. The predicted octanol–water partition coefficient (Wildman–Crippen LogP) is 3.77. The van der Waals surface area contributed by atoms with Gasteiger partial charge >= 0.3 is 12.0 Å². The van der Waals surface area contributed by atoms with Gasteiger partial charge in [-0.25, -0.2) is 9.59 Å². The highest BCUT2D eigenvalue weighted by atomic mass is 16.5. The van der Waals surface area contributed by atoms with Crippen molar-refractivity contribution in [3.63, 3.8) is 0 Å². The molecule has 3 atom stereocenters. The molecule has 3 amide bonds. The minimum Gasteiger partial charge on any atom is -0.462 e. The molecule has 0 spiro atoms. The number of urea groups is 1. The second-order valence-corrected chi connectivity index (χ2v) is 7.97. The number of piperidine rings is 1. The summed E-state index contributed by atoms with van der Waals surface area (Å²) < 4.78 is 4.99. The molecule has 170 valence electrons. The van der Waals surface area contributed by atoms with Crippen molar-refractivity contribution < 1.29 is 19.1 Å². The molecule has 0 aromatic heterocycles. The molecule has 0 radical (unpaired) electrons. The van der Waals surface area contributed by atoms with Gasteiger partial charge in [0.25, 0.3) is 5.91 Å². The topological polar surface area (TPSA) is 109 Å². The Labute approximate surface area is 188 Å². The summed E-state index contributed by atoms with van der Waals surface area (Å²) in [4.78, 5) is 37.0. The molecule has 1 fully saturated rings. The molecule has 2 aromatic rings. The van der Waals surface area contributed by atoms with Gasteiger partial charge in [0, 0.05) is 35.1 Å². The zero-order valence-corrected chi connectivity index (χ0v) is 18.6. The molecule has 1 saturated heterocycles. The van der Waals surface area contributed by atoms with E-state index >= 15 is 0 Å². The van der Waals surface area contributed by atoms with Gasteiger partial charge in [-0.2, -0.15) is 0 Å². The third-order valence-corrected chi connectivity index (χ3v) is 5.39. The zero-order valence-electron chi connectivity index (χ0n) is 18.6. The Morgan fingerprint density at radius 1 is 0.969 bits per heavy atom. The van der Waals surface area contributed by atoms with Crippen LogP contribution in [-0.4, -0.2) is 42.6 Å². The molecule has 0 aliphatic carbocycles. The Hall–Kier alpha value is -3.39. The van der Waals surface area contributed by atoms with Crippen molar-refractivity contribution in [1.29, 1.82) is 0 Å². The number of ether oxygens (including phenoxy) is 1. The lowest BCUT2D eigenvalue weighted by Crippen LogP contribution is -2.55. The summed E-state index contributed by atoms with van der Waals surface area (Å²) in [5.41, 5.74) is 1.73. The summed E-state index contributed by atoms with van der Waals surface area (Å²) in [6, 6.07) is 13.6. The molecular weight excluding hydrogens is 408 g/mol. The molecule has 0 bridgehead atoms. The summed E-state index contributed by atoms with van der Waals surface area (Å²) in [6.45, 7) is 6.20. The maximum atomic E-state index is 12.7. The number of esters is 1. The first kappa shape index (κ1) is 23.3. The smallest absolute Gasteiger partial charge is 0.338 e. The van der Waals surface area contributed by atoms with Crippen molar-refractivity contribution in [1.82, 2.24) is 10.6 Å². The van der Waals surface area contributed by atoms with Crippen molar-refractivity contribution >= 4 is 29.3 Å². The van der Waals surface area contributed by atoms with E-state index in [4.69, 9.17) is 4.74 Å². The quantitative estimate of drug-likeness (QED) is 0.514. The highest BCUT2D eigenvalue weighted by molar-refractivity contribution is 6.05. The fraction of sp³-hybridized carbons (Fsp3) is 0.375. The number of hydrogen-bond donors (Lipinski definition) is 4. The van der Waals surface area contributed by atoms with Gasteiger partial charge in [0.1, 0.15) is 0 Å². The summed E-state index contributed by atoms with van der Waals surface area (Å²) >= 11 is 0. The molecule has 0 saturated carbocycles. The van der Waals surface area contributed by atoms with Crippen molar-refractivity contribution in [2.75, 3.05) is 17.2 Å². The van der Waals surface area contributed by atoms with Crippen LogP contribution in [0, 0.1) is 0 Å². The molecular formula is C24H30N4O4. The van der Waals surface area contributed by atoms with Gasteiger partial charge in [-0.3, -0.25) is 4.79 Å². The standard InChI is InChI=1S/C24H30N4O4/c1-4-32-23(30)18-8-6-9-19(14-18)26-22(29)17-7-5-10-20(13-17)27-24(31)28-21-12-11-15(2)25-16(21)3/h5-10,13-16,21,25H,4,11-12H2,1-3H3,(H,26,29)(H2,27,28,31). The fourth-order valence-corrected chi connectivity index (χ4v) is 3.74. The van der Waals surface area contributed by atoms with Crippen LogP contribution in [0.15, 0.2) is 48.5 Å². The van der Waals surface area contributed by atoms with Crippen LogP contribution in [0.4, 0.5) is 16.2 Å². The van der Waals surface area contributed by atoms with E-state index in [2.05, 4.69) is 35.1 Å². The molecule has 3 unspecified atom stereocenters. The summed E-state index contributed by atoms with van der Waals surface area (Å²) in [7, 11) is 0. The number of anilines is 2. The molecule has 4 N–H and O–H groups in total. The van der Waals surface area contributed by atoms with Crippen LogP contribution in [-0.2, 0) is 4.74 Å².